The predicted molar refractivity (Wildman–Crippen MR) is 114 cm³/mol. The van der Waals surface area contributed by atoms with Gasteiger partial charge < -0.3 is 25.6 Å². The molecule has 0 saturated heterocycles. The van der Waals surface area contributed by atoms with Crippen LogP contribution in [-0.4, -0.2) is 53.0 Å². The summed E-state index contributed by atoms with van der Waals surface area (Å²) in [5.74, 6) is -2.20. The van der Waals surface area contributed by atoms with Crippen LogP contribution in [-0.2, 0) is 14.3 Å². The van der Waals surface area contributed by atoms with Crippen molar-refractivity contribution in [2.75, 3.05) is 13.2 Å². The van der Waals surface area contributed by atoms with Crippen molar-refractivity contribution in [3.63, 3.8) is 0 Å². The third-order valence-electron chi connectivity index (χ3n) is 5.72. The van der Waals surface area contributed by atoms with Crippen molar-refractivity contribution in [2.24, 2.45) is 0 Å². The minimum absolute atomic E-state index is 0.0929. The highest BCUT2D eigenvalue weighted by molar-refractivity contribution is 5.92. The van der Waals surface area contributed by atoms with Gasteiger partial charge in [-0.15, -0.1) is 0 Å². The number of hydrogen-bond donors (Lipinski definition) is 4. The van der Waals surface area contributed by atoms with Crippen LogP contribution >= 0.6 is 0 Å². The second-order valence-corrected chi connectivity index (χ2v) is 7.68. The molecule has 0 fully saturated rings. The fourth-order valence-electron chi connectivity index (χ4n) is 3.67. The number of hydrogen-bond acceptors (Lipinski definition) is 5. The smallest absolute Gasteiger partial charge is 0.408 e. The van der Waals surface area contributed by atoms with E-state index >= 15 is 0 Å². The lowest BCUT2D eigenvalue weighted by molar-refractivity contribution is -0.144. The molecule has 2 amide bonds. The van der Waals surface area contributed by atoms with Crippen LogP contribution in [0, 0.1) is 0 Å². The summed E-state index contributed by atoms with van der Waals surface area (Å²) < 4.78 is 5.47. The molecule has 0 saturated carbocycles. The fraction of sp³-hybridized carbons (Fsp3) is 0.348. The van der Waals surface area contributed by atoms with Crippen LogP contribution in [0.1, 0.15) is 37.3 Å². The number of rotatable bonds is 8. The predicted octanol–water partition coefficient (Wildman–Crippen LogP) is 2.26. The number of carbonyl (C=O) groups excluding carboxylic acids is 2. The summed E-state index contributed by atoms with van der Waals surface area (Å²) >= 11 is 0. The monoisotopic (exact) mass is 426 g/mol. The van der Waals surface area contributed by atoms with E-state index in [9.17, 15) is 14.4 Å². The van der Waals surface area contributed by atoms with E-state index in [4.69, 9.17) is 14.9 Å². The second-order valence-electron chi connectivity index (χ2n) is 7.68. The molecule has 4 N–H and O–H groups in total. The quantitative estimate of drug-likeness (QED) is 0.513. The van der Waals surface area contributed by atoms with Crippen molar-refractivity contribution >= 4 is 18.0 Å². The molecule has 8 nitrogen and oxygen atoms in total. The molecule has 2 aromatic carbocycles. The molecular weight excluding hydrogens is 400 g/mol. The number of carboxylic acids is 1. The number of benzene rings is 2. The Kier molecular flexibility index (Phi) is 6.60. The Morgan fingerprint density at radius 2 is 1.61 bits per heavy atom. The third kappa shape index (κ3) is 4.54. The number of carboxylic acid groups (broad SMARTS) is 1. The number of aliphatic carboxylic acids is 1. The lowest BCUT2D eigenvalue weighted by Gasteiger charge is -2.29. The number of aliphatic hydroxyl groups excluding tert-OH is 1. The maximum atomic E-state index is 12.5. The van der Waals surface area contributed by atoms with Gasteiger partial charge >= 0.3 is 12.1 Å². The number of nitrogens with one attached hydrogen (secondary N) is 2. The summed E-state index contributed by atoms with van der Waals surface area (Å²) in [6.45, 7) is 2.49. The van der Waals surface area contributed by atoms with E-state index < -0.39 is 36.2 Å². The Morgan fingerprint density at radius 3 is 2.10 bits per heavy atom. The Labute approximate surface area is 180 Å². The summed E-state index contributed by atoms with van der Waals surface area (Å²) in [5, 5.41) is 22.9. The van der Waals surface area contributed by atoms with Crippen LogP contribution in [0.25, 0.3) is 11.1 Å². The van der Waals surface area contributed by atoms with Crippen molar-refractivity contribution in [3.8, 4) is 11.1 Å². The Morgan fingerprint density at radius 1 is 1.06 bits per heavy atom. The standard InChI is InChI=1S/C23H26N2O6/c1-3-23(2,21(29)24-19(12-26)20(27)28)25-22(30)31-13-18-16-10-6-4-8-14(16)15-9-5-7-11-17(15)18/h4-11,18-19,26H,3,12-13H2,1-2H3,(H,24,29)(H,25,30)(H,27,28)/t19-,23?/m1/s1. The van der Waals surface area contributed by atoms with Gasteiger partial charge in [-0.2, -0.15) is 0 Å². The highest BCUT2D eigenvalue weighted by Crippen LogP contribution is 2.44. The molecule has 0 aliphatic heterocycles. The molecule has 164 valence electrons. The molecule has 0 radical (unpaired) electrons. The molecular formula is C23H26N2O6. The Hall–Kier alpha value is -3.39. The summed E-state index contributed by atoms with van der Waals surface area (Å²) in [4.78, 5) is 36.1. The molecule has 3 rings (SSSR count). The van der Waals surface area contributed by atoms with Crippen LogP contribution in [0.4, 0.5) is 4.79 Å². The molecule has 0 bridgehead atoms. The van der Waals surface area contributed by atoms with Crippen LogP contribution in [0.3, 0.4) is 0 Å². The van der Waals surface area contributed by atoms with E-state index in [1.54, 1.807) is 6.92 Å². The van der Waals surface area contributed by atoms with E-state index in [1.165, 1.54) is 6.92 Å². The van der Waals surface area contributed by atoms with E-state index in [1.807, 2.05) is 48.5 Å². The molecule has 0 spiro atoms. The van der Waals surface area contributed by atoms with Crippen LogP contribution in [0.5, 0.6) is 0 Å². The highest BCUT2D eigenvalue weighted by Gasteiger charge is 2.36. The molecule has 2 aromatic rings. The summed E-state index contributed by atoms with van der Waals surface area (Å²) in [5.41, 5.74) is 2.95. The second kappa shape index (κ2) is 9.18. The highest BCUT2D eigenvalue weighted by atomic mass is 16.5. The van der Waals surface area contributed by atoms with E-state index in [2.05, 4.69) is 10.6 Å². The third-order valence-corrected chi connectivity index (χ3v) is 5.72. The van der Waals surface area contributed by atoms with Gasteiger partial charge in [-0.05, 0) is 35.6 Å². The average Bonchev–Trinajstić information content (AvgIpc) is 3.09. The topological polar surface area (TPSA) is 125 Å². The van der Waals surface area contributed by atoms with E-state index in [0.29, 0.717) is 0 Å². The number of aliphatic hydroxyl groups is 1. The minimum atomic E-state index is -1.46. The zero-order valence-corrected chi connectivity index (χ0v) is 17.4. The van der Waals surface area contributed by atoms with Gasteiger partial charge in [-0.3, -0.25) is 4.79 Å². The molecule has 0 heterocycles. The Balaban J connectivity index is 1.68. The van der Waals surface area contributed by atoms with Gasteiger partial charge in [-0.1, -0.05) is 55.5 Å². The molecule has 1 aliphatic rings. The zero-order valence-electron chi connectivity index (χ0n) is 17.4. The van der Waals surface area contributed by atoms with Crippen molar-refractivity contribution in [2.45, 2.75) is 37.8 Å². The lowest BCUT2D eigenvalue weighted by Crippen LogP contribution is -2.60. The number of amides is 2. The fourth-order valence-corrected chi connectivity index (χ4v) is 3.67. The van der Waals surface area contributed by atoms with Crippen LogP contribution in [0.2, 0.25) is 0 Å². The maximum absolute atomic E-state index is 12.5. The summed E-state index contributed by atoms with van der Waals surface area (Å²) in [6, 6.07) is 14.4. The van der Waals surface area contributed by atoms with Gasteiger partial charge in [-0.25, -0.2) is 9.59 Å². The SMILES string of the molecule is CCC(C)(NC(=O)OCC1c2ccccc2-c2ccccc21)C(=O)N[C@H](CO)C(=O)O. The first kappa shape index (κ1) is 22.3. The number of carbonyl (C=O) groups is 3. The number of alkyl carbamates (subject to hydrolysis) is 1. The first-order chi connectivity index (χ1) is 14.8. The molecule has 0 aromatic heterocycles. The van der Waals surface area contributed by atoms with Gasteiger partial charge in [0.05, 0.1) is 6.61 Å². The molecule has 1 aliphatic carbocycles. The van der Waals surface area contributed by atoms with Crippen molar-refractivity contribution in [1.82, 2.24) is 10.6 Å². The normalized spacial score (nSPS) is 15.2. The van der Waals surface area contributed by atoms with Gasteiger partial charge in [0.25, 0.3) is 0 Å². The molecule has 8 heteroatoms. The van der Waals surface area contributed by atoms with E-state index in [-0.39, 0.29) is 18.9 Å². The van der Waals surface area contributed by atoms with Gasteiger partial charge in [0.1, 0.15) is 18.2 Å². The number of fused-ring (bicyclic) bond motifs is 3. The van der Waals surface area contributed by atoms with Crippen molar-refractivity contribution in [1.29, 1.82) is 0 Å². The van der Waals surface area contributed by atoms with Gasteiger partial charge in [0, 0.05) is 5.92 Å². The Bertz CT molecular complexity index is 946. The van der Waals surface area contributed by atoms with Crippen molar-refractivity contribution < 1.29 is 29.3 Å². The first-order valence-corrected chi connectivity index (χ1v) is 10.1. The van der Waals surface area contributed by atoms with Gasteiger partial charge in [0.15, 0.2) is 0 Å². The molecule has 31 heavy (non-hydrogen) atoms. The van der Waals surface area contributed by atoms with E-state index in [0.717, 1.165) is 22.3 Å². The molecule has 2 atom stereocenters. The van der Waals surface area contributed by atoms with Crippen molar-refractivity contribution in [3.05, 3.63) is 59.7 Å². The first-order valence-electron chi connectivity index (χ1n) is 10.1. The van der Waals surface area contributed by atoms with Crippen LogP contribution in [0.15, 0.2) is 48.5 Å². The maximum Gasteiger partial charge on any atom is 0.408 e. The van der Waals surface area contributed by atoms with Crippen LogP contribution < -0.4 is 10.6 Å². The van der Waals surface area contributed by atoms with Gasteiger partial charge in [0.2, 0.25) is 5.91 Å². The number of ether oxygens (including phenoxy) is 1. The minimum Gasteiger partial charge on any atom is -0.480 e. The average molecular weight is 426 g/mol. The zero-order chi connectivity index (χ0) is 22.6. The molecule has 1 unspecified atom stereocenters. The summed E-state index contributed by atoms with van der Waals surface area (Å²) in [7, 11) is 0. The lowest BCUT2D eigenvalue weighted by atomic mass is 9.97. The summed E-state index contributed by atoms with van der Waals surface area (Å²) in [6.07, 6.45) is -0.585. The largest absolute Gasteiger partial charge is 0.480 e.